The summed E-state index contributed by atoms with van der Waals surface area (Å²) in [5.74, 6) is 2.75. The first-order chi connectivity index (χ1) is 22.2. The van der Waals surface area contributed by atoms with Gasteiger partial charge in [-0.05, 0) is 110 Å². The summed E-state index contributed by atoms with van der Waals surface area (Å²) < 4.78 is 57.1. The minimum atomic E-state index is -4.97. The van der Waals surface area contributed by atoms with Gasteiger partial charge in [-0.25, -0.2) is 4.79 Å². The van der Waals surface area contributed by atoms with Gasteiger partial charge in [-0.2, -0.15) is 0 Å². The van der Waals surface area contributed by atoms with E-state index in [1.807, 2.05) is 79.7 Å². The Morgan fingerprint density at radius 3 is 2.35 bits per heavy atom. The van der Waals surface area contributed by atoms with Gasteiger partial charge >= 0.3 is 12.5 Å². The van der Waals surface area contributed by atoms with Gasteiger partial charge in [-0.3, -0.25) is 0 Å². The highest BCUT2D eigenvalue weighted by atomic mass is 32.2. The molecule has 4 aromatic rings. The molecule has 4 saturated carbocycles. The smallest absolute Gasteiger partial charge is 0.427 e. The van der Waals surface area contributed by atoms with E-state index in [0.29, 0.717) is 29.1 Å². The van der Waals surface area contributed by atoms with Crippen LogP contribution < -0.4 is 9.47 Å². The van der Waals surface area contributed by atoms with Gasteiger partial charge < -0.3 is 14.2 Å². The Hall–Kier alpha value is -3.65. The monoisotopic (exact) mass is 645 g/mol. The van der Waals surface area contributed by atoms with E-state index >= 15 is 0 Å². The number of rotatable bonds is 7. The average molecular weight is 646 g/mol. The maximum atomic E-state index is 13.6. The van der Waals surface area contributed by atoms with Crippen molar-refractivity contribution in [3.8, 4) is 11.5 Å². The second-order valence-corrected chi connectivity index (χ2v) is 15.4. The van der Waals surface area contributed by atoms with Crippen molar-refractivity contribution >= 4 is 27.8 Å². The van der Waals surface area contributed by atoms with E-state index < -0.39 is 34.8 Å². The lowest BCUT2D eigenvalue weighted by Crippen LogP contribution is -2.47. The van der Waals surface area contributed by atoms with E-state index in [2.05, 4.69) is 4.74 Å². The fourth-order valence-electron chi connectivity index (χ4n) is 9.79. The third kappa shape index (κ3) is 5.04. The summed E-state index contributed by atoms with van der Waals surface area (Å²) in [6.45, 7) is 2.05. The molecule has 4 fully saturated rings. The number of ether oxygens (including phenoxy) is 3. The van der Waals surface area contributed by atoms with Gasteiger partial charge in [0, 0.05) is 17.4 Å². The molecular formula is C38H36F3O4S+. The summed E-state index contributed by atoms with van der Waals surface area (Å²) in [5.41, 5.74) is -0.646. The standard InChI is InChI=1S/C38H36F3O4S/c1-2-37(22-26-20-30(37)35-25-16-15-24(19-25)34(26)35)45-36(42)43-32-21-28(17-18-31(32)44-38(39,40)41)46(27-11-4-3-5-12-27)33-14-8-10-23-9-6-7-13-29(23)33/h3-14,17-18,21,24-26,30,34-35H,2,15-16,19-20,22H2,1H3/q+1. The van der Waals surface area contributed by atoms with Crippen LogP contribution in [0.15, 0.2) is 106 Å². The molecule has 0 saturated heterocycles. The number of carbonyl (C=O) groups excluding carboxylic acids is 1. The highest BCUT2D eigenvalue weighted by Gasteiger charge is 2.68. The molecule has 0 amide bonds. The Morgan fingerprint density at radius 1 is 0.826 bits per heavy atom. The van der Waals surface area contributed by atoms with Crippen LogP contribution in [0.5, 0.6) is 11.5 Å². The van der Waals surface area contributed by atoms with Crippen molar-refractivity contribution in [3.63, 3.8) is 0 Å². The van der Waals surface area contributed by atoms with Crippen LogP contribution in [0.4, 0.5) is 18.0 Å². The Labute approximate surface area is 269 Å². The molecule has 4 aliphatic rings. The largest absolute Gasteiger partial charge is 0.573 e. The Kier molecular flexibility index (Phi) is 7.27. The Bertz CT molecular complexity index is 1770. The third-order valence-corrected chi connectivity index (χ3v) is 13.6. The van der Waals surface area contributed by atoms with Gasteiger partial charge in [0.2, 0.25) is 0 Å². The van der Waals surface area contributed by atoms with Gasteiger partial charge in [0.15, 0.2) is 26.2 Å². The highest BCUT2D eigenvalue weighted by Crippen LogP contribution is 2.70. The van der Waals surface area contributed by atoms with Crippen molar-refractivity contribution in [2.45, 2.75) is 72.1 Å². The maximum Gasteiger partial charge on any atom is 0.573 e. The molecule has 8 atom stereocenters. The number of halogens is 3. The summed E-state index contributed by atoms with van der Waals surface area (Å²) in [6.07, 6.45) is 0.453. The van der Waals surface area contributed by atoms with Crippen molar-refractivity contribution in [1.29, 1.82) is 0 Å². The van der Waals surface area contributed by atoms with Gasteiger partial charge in [-0.15, -0.1) is 13.2 Å². The first-order valence-corrected chi connectivity index (χ1v) is 17.5. The Balaban J connectivity index is 1.14. The number of benzene rings is 4. The summed E-state index contributed by atoms with van der Waals surface area (Å²) in [4.78, 5) is 16.3. The predicted molar refractivity (Wildman–Crippen MR) is 170 cm³/mol. The van der Waals surface area contributed by atoms with Crippen molar-refractivity contribution in [2.75, 3.05) is 0 Å². The number of hydrogen-bond donors (Lipinski definition) is 0. The fraction of sp³-hybridized carbons (Fsp3) is 0.395. The quantitative estimate of drug-likeness (QED) is 0.0869. The molecule has 0 spiro atoms. The van der Waals surface area contributed by atoms with Crippen LogP contribution in [0.3, 0.4) is 0 Å². The molecule has 238 valence electrons. The average Bonchev–Trinajstić information content (AvgIpc) is 3.83. The summed E-state index contributed by atoms with van der Waals surface area (Å²) in [7, 11) is -0.734. The van der Waals surface area contributed by atoms with Crippen molar-refractivity contribution in [2.24, 2.45) is 35.5 Å². The van der Waals surface area contributed by atoms with Gasteiger partial charge in [-0.1, -0.05) is 55.5 Å². The van der Waals surface area contributed by atoms with Crippen LogP contribution in [0.25, 0.3) is 10.8 Å². The van der Waals surface area contributed by atoms with Gasteiger partial charge in [0.05, 0.1) is 0 Å². The van der Waals surface area contributed by atoms with E-state index in [1.54, 1.807) is 6.07 Å². The van der Waals surface area contributed by atoms with E-state index in [9.17, 15) is 18.0 Å². The minimum Gasteiger partial charge on any atom is -0.427 e. The highest BCUT2D eigenvalue weighted by molar-refractivity contribution is 7.97. The lowest BCUT2D eigenvalue weighted by Gasteiger charge is -2.45. The molecule has 4 aliphatic carbocycles. The first kappa shape index (κ1) is 29.7. The van der Waals surface area contributed by atoms with Crippen molar-refractivity contribution in [1.82, 2.24) is 0 Å². The van der Waals surface area contributed by atoms with E-state index in [4.69, 9.17) is 9.47 Å². The molecule has 4 bridgehead atoms. The molecule has 46 heavy (non-hydrogen) atoms. The zero-order valence-corrected chi connectivity index (χ0v) is 26.4. The molecule has 0 radical (unpaired) electrons. The second-order valence-electron chi connectivity index (χ2n) is 13.4. The van der Waals surface area contributed by atoms with Gasteiger partial charge in [0.25, 0.3) is 0 Å². The molecule has 0 heterocycles. The SMILES string of the molecule is CCC1(OC(=O)Oc2cc([S+](c3ccccc3)c3cccc4ccccc34)ccc2OC(F)(F)F)CC2CC1C1C3CCC(C3)C21. The molecule has 4 aromatic carbocycles. The number of carbonyl (C=O) groups is 1. The zero-order valence-electron chi connectivity index (χ0n) is 25.5. The normalized spacial score (nSPS) is 29.9. The fourth-order valence-corrected chi connectivity index (χ4v) is 12.1. The maximum absolute atomic E-state index is 13.6. The van der Waals surface area contributed by atoms with Gasteiger partial charge in [0.1, 0.15) is 16.5 Å². The summed E-state index contributed by atoms with van der Waals surface area (Å²) in [5, 5.41) is 2.09. The van der Waals surface area contributed by atoms with E-state index in [0.717, 1.165) is 45.2 Å². The van der Waals surface area contributed by atoms with E-state index in [-0.39, 0.29) is 11.7 Å². The molecule has 4 nitrogen and oxygen atoms in total. The van der Waals surface area contributed by atoms with Crippen molar-refractivity contribution < 1.29 is 32.2 Å². The number of alkyl halides is 3. The summed E-state index contributed by atoms with van der Waals surface area (Å²) >= 11 is 0. The lowest BCUT2D eigenvalue weighted by molar-refractivity contribution is -0.275. The summed E-state index contributed by atoms with van der Waals surface area (Å²) in [6, 6.07) is 28.3. The molecule has 8 heteroatoms. The first-order valence-electron chi connectivity index (χ1n) is 16.3. The topological polar surface area (TPSA) is 44.8 Å². The predicted octanol–water partition coefficient (Wildman–Crippen LogP) is 10.2. The van der Waals surface area contributed by atoms with Crippen LogP contribution in [-0.2, 0) is 15.6 Å². The lowest BCUT2D eigenvalue weighted by atomic mass is 9.65. The minimum absolute atomic E-state index is 0.280. The molecule has 0 aliphatic heterocycles. The van der Waals surface area contributed by atoms with Crippen LogP contribution in [0.2, 0.25) is 0 Å². The van der Waals surface area contributed by atoms with Crippen LogP contribution in [0, 0.1) is 35.5 Å². The molecular weight excluding hydrogens is 609 g/mol. The van der Waals surface area contributed by atoms with E-state index in [1.165, 1.54) is 31.4 Å². The molecule has 0 aromatic heterocycles. The zero-order chi connectivity index (χ0) is 31.6. The Morgan fingerprint density at radius 2 is 1.57 bits per heavy atom. The third-order valence-electron chi connectivity index (χ3n) is 11.3. The van der Waals surface area contributed by atoms with Crippen molar-refractivity contribution in [3.05, 3.63) is 91.0 Å². The second kappa shape index (κ2) is 11.3. The molecule has 0 N–H and O–H groups in total. The molecule has 8 rings (SSSR count). The molecule has 8 unspecified atom stereocenters. The van der Waals surface area contributed by atoms with Crippen LogP contribution >= 0.6 is 0 Å². The number of fused-ring (bicyclic) bond motifs is 10. The van der Waals surface area contributed by atoms with Crippen LogP contribution in [-0.4, -0.2) is 18.1 Å². The number of hydrogen-bond acceptors (Lipinski definition) is 4. The van der Waals surface area contributed by atoms with Crippen LogP contribution in [0.1, 0.15) is 45.4 Å².